The average Bonchev–Trinajstić information content (AvgIpc) is 2.44. The van der Waals surface area contributed by atoms with Gasteiger partial charge in [-0.25, -0.2) is 4.79 Å². The van der Waals surface area contributed by atoms with Crippen LogP contribution in [0, 0.1) is 0 Å². The molecule has 3 N–H and O–H groups in total. The van der Waals surface area contributed by atoms with Crippen LogP contribution in [0.25, 0.3) is 0 Å². The largest absolute Gasteiger partial charge is 0.481 e. The first-order valence-electron chi connectivity index (χ1n) is 6.74. The van der Waals surface area contributed by atoms with Crippen LogP contribution in [0.4, 0.5) is 4.79 Å². The number of carbonyl (C=O) groups excluding carboxylic acids is 1. The Hall–Kier alpha value is -1.40. The number of hydrogen-bond acceptors (Lipinski definition) is 3. The zero-order valence-electron chi connectivity index (χ0n) is 11.4. The summed E-state index contributed by atoms with van der Waals surface area (Å²) in [6.45, 7) is 0.349. The zero-order valence-corrected chi connectivity index (χ0v) is 13.0. The molecule has 5 nitrogen and oxygen atoms in total. The van der Waals surface area contributed by atoms with Crippen molar-refractivity contribution in [2.24, 2.45) is 0 Å². The van der Waals surface area contributed by atoms with Gasteiger partial charge in [0.15, 0.2) is 0 Å². The first-order valence-corrected chi connectivity index (χ1v) is 8.11. The van der Waals surface area contributed by atoms with Crippen LogP contribution in [0.3, 0.4) is 0 Å². The van der Waals surface area contributed by atoms with E-state index < -0.39 is 5.97 Å². The fourth-order valence-corrected chi connectivity index (χ4v) is 3.45. The molecule has 0 aliphatic carbocycles. The van der Waals surface area contributed by atoms with Crippen molar-refractivity contribution in [2.45, 2.75) is 30.2 Å². The van der Waals surface area contributed by atoms with E-state index in [1.54, 1.807) is 11.8 Å². The van der Waals surface area contributed by atoms with Crippen molar-refractivity contribution in [1.82, 2.24) is 10.6 Å². The summed E-state index contributed by atoms with van der Waals surface area (Å²) in [5.41, 5.74) is 1.04. The zero-order chi connectivity index (χ0) is 15.2. The van der Waals surface area contributed by atoms with E-state index in [0.29, 0.717) is 18.0 Å². The molecule has 0 radical (unpaired) electrons. The molecule has 1 aromatic rings. The van der Waals surface area contributed by atoms with Gasteiger partial charge in [0, 0.05) is 28.6 Å². The van der Waals surface area contributed by atoms with Gasteiger partial charge < -0.3 is 15.7 Å². The van der Waals surface area contributed by atoms with Crippen molar-refractivity contribution in [3.8, 4) is 0 Å². The minimum Gasteiger partial charge on any atom is -0.481 e. The molecule has 0 spiro atoms. The highest BCUT2D eigenvalue weighted by molar-refractivity contribution is 7.99. The molecule has 1 atom stereocenters. The Labute approximate surface area is 132 Å². The molecule has 1 aromatic carbocycles. The van der Waals surface area contributed by atoms with E-state index in [1.165, 1.54) is 0 Å². The van der Waals surface area contributed by atoms with E-state index >= 15 is 0 Å². The molecule has 0 bridgehead atoms. The number of halogens is 1. The molecule has 0 saturated heterocycles. The molecule has 1 unspecified atom stereocenters. The lowest BCUT2D eigenvalue weighted by molar-refractivity contribution is -0.137. The van der Waals surface area contributed by atoms with Crippen LogP contribution < -0.4 is 10.6 Å². The van der Waals surface area contributed by atoms with Crippen LogP contribution in [0.5, 0.6) is 0 Å². The summed E-state index contributed by atoms with van der Waals surface area (Å²) >= 11 is 7.77. The van der Waals surface area contributed by atoms with Crippen molar-refractivity contribution in [3.63, 3.8) is 0 Å². The number of urea groups is 1. The third-order valence-corrected chi connectivity index (χ3v) is 4.53. The van der Waals surface area contributed by atoms with Gasteiger partial charge in [0.1, 0.15) is 0 Å². The second-order valence-electron chi connectivity index (χ2n) is 4.77. The Bertz CT molecular complexity index is 539. The number of aliphatic carboxylic acids is 1. The highest BCUT2D eigenvalue weighted by atomic mass is 35.5. The second-order valence-corrected chi connectivity index (χ2v) is 6.34. The highest BCUT2D eigenvalue weighted by Crippen LogP contribution is 2.37. The number of amides is 2. The fraction of sp³-hybridized carbons (Fsp3) is 0.429. The number of hydrogen-bond donors (Lipinski definition) is 3. The van der Waals surface area contributed by atoms with Crippen LogP contribution in [0.2, 0.25) is 5.02 Å². The molecule has 114 valence electrons. The fourth-order valence-electron chi connectivity index (χ4n) is 2.17. The average molecular weight is 329 g/mol. The number of nitrogens with one attached hydrogen (secondary N) is 2. The molecule has 0 fully saturated rings. The van der Waals surface area contributed by atoms with Crippen molar-refractivity contribution >= 4 is 35.4 Å². The molecular formula is C14H17ClN2O3S. The van der Waals surface area contributed by atoms with Gasteiger partial charge in [-0.2, -0.15) is 0 Å². The Morgan fingerprint density at radius 2 is 2.24 bits per heavy atom. The lowest BCUT2D eigenvalue weighted by Crippen LogP contribution is -2.39. The number of carbonyl (C=O) groups is 2. The van der Waals surface area contributed by atoms with E-state index in [9.17, 15) is 9.59 Å². The van der Waals surface area contributed by atoms with Gasteiger partial charge in [-0.1, -0.05) is 11.6 Å². The molecule has 21 heavy (non-hydrogen) atoms. The Morgan fingerprint density at radius 3 is 3.00 bits per heavy atom. The van der Waals surface area contributed by atoms with Gasteiger partial charge in [-0.3, -0.25) is 4.79 Å². The standard InChI is InChI=1S/C14H17ClN2O3S/c15-9-3-4-12-10(8-9)11(5-7-21-12)17-14(20)16-6-1-2-13(18)19/h3-4,8,11H,1-2,5-7H2,(H,18,19)(H2,16,17,20). The normalized spacial score (nSPS) is 16.9. The summed E-state index contributed by atoms with van der Waals surface area (Å²) in [5.74, 6) is 0.0866. The van der Waals surface area contributed by atoms with Crippen LogP contribution in [-0.2, 0) is 4.79 Å². The minimum atomic E-state index is -0.856. The number of rotatable bonds is 5. The first-order chi connectivity index (χ1) is 10.1. The number of benzene rings is 1. The predicted molar refractivity (Wildman–Crippen MR) is 82.9 cm³/mol. The summed E-state index contributed by atoms with van der Waals surface area (Å²) < 4.78 is 0. The van der Waals surface area contributed by atoms with E-state index in [0.717, 1.165) is 22.6 Å². The van der Waals surface area contributed by atoms with Gasteiger partial charge in [0.25, 0.3) is 0 Å². The van der Waals surface area contributed by atoms with Crippen molar-refractivity contribution in [1.29, 1.82) is 0 Å². The molecule has 2 amide bonds. The Morgan fingerprint density at radius 1 is 1.43 bits per heavy atom. The molecule has 7 heteroatoms. The summed E-state index contributed by atoms with van der Waals surface area (Å²) in [7, 11) is 0. The van der Waals surface area contributed by atoms with Crippen LogP contribution >= 0.6 is 23.4 Å². The number of fused-ring (bicyclic) bond motifs is 1. The molecular weight excluding hydrogens is 312 g/mol. The van der Waals surface area contributed by atoms with Gasteiger partial charge in [0.05, 0.1) is 6.04 Å². The summed E-state index contributed by atoms with van der Waals surface area (Å²) in [6, 6.07) is 5.38. The lowest BCUT2D eigenvalue weighted by atomic mass is 10.0. The van der Waals surface area contributed by atoms with Gasteiger partial charge >= 0.3 is 12.0 Å². The van der Waals surface area contributed by atoms with Gasteiger partial charge in [-0.05, 0) is 36.6 Å². The van der Waals surface area contributed by atoms with Gasteiger partial charge in [-0.15, -0.1) is 11.8 Å². The maximum Gasteiger partial charge on any atom is 0.315 e. The van der Waals surface area contributed by atoms with Crippen LogP contribution in [0.1, 0.15) is 30.9 Å². The molecule has 1 aliphatic rings. The maximum atomic E-state index is 11.8. The lowest BCUT2D eigenvalue weighted by Gasteiger charge is -2.26. The summed E-state index contributed by atoms with van der Waals surface area (Å²) in [6.07, 6.45) is 1.32. The number of carboxylic acids is 1. The summed E-state index contributed by atoms with van der Waals surface area (Å²) in [5, 5.41) is 14.8. The maximum absolute atomic E-state index is 11.8. The SMILES string of the molecule is O=C(O)CCCNC(=O)NC1CCSc2ccc(Cl)cc21. The van der Waals surface area contributed by atoms with Crippen molar-refractivity contribution in [3.05, 3.63) is 28.8 Å². The topological polar surface area (TPSA) is 78.4 Å². The predicted octanol–water partition coefficient (Wildman–Crippen LogP) is 3.04. The minimum absolute atomic E-state index is 0.0544. The monoisotopic (exact) mass is 328 g/mol. The Kier molecular flexibility index (Phi) is 5.76. The third kappa shape index (κ3) is 4.82. The molecule has 2 rings (SSSR count). The second kappa shape index (κ2) is 7.56. The van der Waals surface area contributed by atoms with E-state index in [2.05, 4.69) is 10.6 Å². The molecule has 1 heterocycles. The van der Waals surface area contributed by atoms with E-state index in [1.807, 2.05) is 18.2 Å². The van der Waals surface area contributed by atoms with Crippen LogP contribution in [-0.4, -0.2) is 29.4 Å². The Balaban J connectivity index is 1.88. The smallest absolute Gasteiger partial charge is 0.315 e. The highest BCUT2D eigenvalue weighted by Gasteiger charge is 2.22. The quantitative estimate of drug-likeness (QED) is 0.726. The molecule has 0 aromatic heterocycles. The third-order valence-electron chi connectivity index (χ3n) is 3.17. The molecule has 1 aliphatic heterocycles. The first kappa shape index (κ1) is 16.0. The number of carboxylic acid groups (broad SMARTS) is 1. The summed E-state index contributed by atoms with van der Waals surface area (Å²) in [4.78, 5) is 23.4. The van der Waals surface area contributed by atoms with Crippen LogP contribution in [0.15, 0.2) is 23.1 Å². The van der Waals surface area contributed by atoms with Gasteiger partial charge in [0.2, 0.25) is 0 Å². The molecule has 0 saturated carbocycles. The van der Waals surface area contributed by atoms with Crippen molar-refractivity contribution in [2.75, 3.05) is 12.3 Å². The van der Waals surface area contributed by atoms with E-state index in [4.69, 9.17) is 16.7 Å². The van der Waals surface area contributed by atoms with Crippen molar-refractivity contribution < 1.29 is 14.7 Å². The van der Waals surface area contributed by atoms with E-state index in [-0.39, 0.29) is 18.5 Å². The number of thioether (sulfide) groups is 1.